The number of hydrogen-bond donors (Lipinski definition) is 1. The Bertz CT molecular complexity index is 1210. The van der Waals surface area contributed by atoms with Gasteiger partial charge in [-0.3, -0.25) is 4.79 Å². The number of rotatable bonds is 8. The van der Waals surface area contributed by atoms with E-state index in [0.717, 1.165) is 12.1 Å². The van der Waals surface area contributed by atoms with Crippen molar-refractivity contribution in [3.63, 3.8) is 0 Å². The lowest BCUT2D eigenvalue weighted by atomic mass is 9.89. The summed E-state index contributed by atoms with van der Waals surface area (Å²) in [4.78, 5) is 15.2. The minimum Gasteiger partial charge on any atom is -0.379 e. The number of benzene rings is 1. The predicted molar refractivity (Wildman–Crippen MR) is 147 cm³/mol. The van der Waals surface area contributed by atoms with Crippen LogP contribution in [0.1, 0.15) is 50.1 Å². The van der Waals surface area contributed by atoms with Crippen molar-refractivity contribution >= 4 is 23.0 Å². The molecule has 3 aliphatic rings. The van der Waals surface area contributed by atoms with E-state index in [1.807, 2.05) is 0 Å². The molecular formula is C28H35ClF4N4O4. The molecule has 13 heteroatoms. The summed E-state index contributed by atoms with van der Waals surface area (Å²) in [7, 11) is 0. The lowest BCUT2D eigenvalue weighted by Gasteiger charge is -2.40. The summed E-state index contributed by atoms with van der Waals surface area (Å²) < 4.78 is 72.4. The Labute approximate surface area is 240 Å². The number of nitrogens with zero attached hydrogens (tertiary/aromatic N) is 3. The number of anilines is 2. The van der Waals surface area contributed by atoms with Gasteiger partial charge in [0.1, 0.15) is 5.02 Å². The summed E-state index contributed by atoms with van der Waals surface area (Å²) in [5, 5.41) is 7.24. The topological polar surface area (TPSA) is 77.9 Å². The van der Waals surface area contributed by atoms with Gasteiger partial charge in [0.2, 0.25) is 0 Å². The molecule has 5 rings (SSSR count). The van der Waals surface area contributed by atoms with E-state index in [9.17, 15) is 22.4 Å². The Morgan fingerprint density at radius 2 is 1.85 bits per heavy atom. The van der Waals surface area contributed by atoms with E-state index in [1.54, 1.807) is 0 Å². The third-order valence-electron chi connectivity index (χ3n) is 8.08. The van der Waals surface area contributed by atoms with Crippen LogP contribution in [0.2, 0.25) is 5.02 Å². The average Bonchev–Trinajstić information content (AvgIpc) is 2.97. The first kappa shape index (κ1) is 30.1. The molecule has 1 aromatic carbocycles. The Balaban J connectivity index is 1.26. The Morgan fingerprint density at radius 3 is 2.49 bits per heavy atom. The number of ether oxygens (including phenoxy) is 3. The van der Waals surface area contributed by atoms with Gasteiger partial charge >= 0.3 is 6.18 Å². The average molecular weight is 603 g/mol. The van der Waals surface area contributed by atoms with Crippen LogP contribution in [0.4, 0.5) is 28.9 Å². The molecule has 2 atom stereocenters. The van der Waals surface area contributed by atoms with Gasteiger partial charge in [0, 0.05) is 24.9 Å². The SMILES string of the molecule is O=c1c(Cl)c(NC[C@@]2(F)CCCOC2)cnn1[C@H]1CC[C@H](N(C[C@H]2COCCO2)c2ccc(C(F)(F)F)cc2)CC1. The summed E-state index contributed by atoms with van der Waals surface area (Å²) in [5.74, 6) is 0. The van der Waals surface area contributed by atoms with Crippen LogP contribution in [-0.2, 0) is 20.4 Å². The van der Waals surface area contributed by atoms with Crippen molar-refractivity contribution in [3.8, 4) is 0 Å². The fourth-order valence-corrected chi connectivity index (χ4v) is 6.02. The van der Waals surface area contributed by atoms with Gasteiger partial charge in [-0.1, -0.05) is 11.6 Å². The molecule has 2 saturated heterocycles. The minimum absolute atomic E-state index is 0.00522. The summed E-state index contributed by atoms with van der Waals surface area (Å²) in [6.07, 6.45) is 0.487. The van der Waals surface area contributed by atoms with Crippen LogP contribution in [0.15, 0.2) is 35.3 Å². The molecule has 0 bridgehead atoms. The van der Waals surface area contributed by atoms with Gasteiger partial charge in [-0.15, -0.1) is 0 Å². The fourth-order valence-electron chi connectivity index (χ4n) is 5.82. The number of hydrogen-bond acceptors (Lipinski definition) is 7. The van der Waals surface area contributed by atoms with Crippen LogP contribution < -0.4 is 15.8 Å². The third kappa shape index (κ3) is 7.33. The predicted octanol–water partition coefficient (Wildman–Crippen LogP) is 5.25. The molecule has 0 amide bonds. The van der Waals surface area contributed by atoms with Crippen molar-refractivity contribution in [2.45, 2.75) is 68.6 Å². The van der Waals surface area contributed by atoms with Gasteiger partial charge in [-0.25, -0.2) is 9.07 Å². The van der Waals surface area contributed by atoms with Gasteiger partial charge in [0.05, 0.1) is 62.6 Å². The zero-order valence-electron chi connectivity index (χ0n) is 22.7. The molecule has 41 heavy (non-hydrogen) atoms. The number of aromatic nitrogens is 2. The first-order valence-electron chi connectivity index (χ1n) is 14.0. The molecule has 3 fully saturated rings. The Hall–Kier alpha value is -2.41. The lowest BCUT2D eigenvalue weighted by molar-refractivity contribution is -0.137. The monoisotopic (exact) mass is 602 g/mol. The standard InChI is InChI=1S/C28H35ClF4N4O4/c29-25-24(34-17-27(30)10-1-11-40-18-27)14-35-37(26(25)38)22-8-6-21(7-9-22)36(15-23-16-39-12-13-41-23)20-4-2-19(3-5-20)28(31,32)33/h2-5,14,21-23,34H,1,6-13,15-18H2/t21-,22-,23-,27-/m0/s1. The summed E-state index contributed by atoms with van der Waals surface area (Å²) in [5.41, 5.74) is -1.70. The largest absolute Gasteiger partial charge is 0.416 e. The van der Waals surface area contributed by atoms with Gasteiger partial charge in [-0.2, -0.15) is 18.3 Å². The highest BCUT2D eigenvalue weighted by Gasteiger charge is 2.34. The second-order valence-electron chi connectivity index (χ2n) is 11.0. The number of halogens is 5. The van der Waals surface area contributed by atoms with Crippen molar-refractivity contribution in [3.05, 3.63) is 51.4 Å². The van der Waals surface area contributed by atoms with E-state index in [2.05, 4.69) is 15.3 Å². The molecule has 2 aliphatic heterocycles. The second kappa shape index (κ2) is 12.8. The van der Waals surface area contributed by atoms with Crippen LogP contribution in [0, 0.1) is 0 Å². The Kier molecular flexibility index (Phi) is 9.42. The highest BCUT2D eigenvalue weighted by atomic mass is 35.5. The smallest absolute Gasteiger partial charge is 0.379 e. The quantitative estimate of drug-likeness (QED) is 0.414. The van der Waals surface area contributed by atoms with E-state index in [4.69, 9.17) is 25.8 Å². The van der Waals surface area contributed by atoms with E-state index < -0.39 is 23.0 Å². The van der Waals surface area contributed by atoms with Gasteiger partial charge in [-0.05, 0) is 62.8 Å². The molecule has 0 unspecified atom stereocenters. The highest BCUT2D eigenvalue weighted by molar-refractivity contribution is 6.32. The summed E-state index contributed by atoms with van der Waals surface area (Å²) in [6, 6.07) is 5.03. The lowest BCUT2D eigenvalue weighted by Crippen LogP contribution is -2.46. The van der Waals surface area contributed by atoms with Crippen LogP contribution >= 0.6 is 11.6 Å². The molecule has 1 saturated carbocycles. The normalized spacial score (nSPS) is 27.4. The van der Waals surface area contributed by atoms with Gasteiger partial charge < -0.3 is 24.4 Å². The number of alkyl halides is 4. The molecule has 1 aliphatic carbocycles. The van der Waals surface area contributed by atoms with Crippen LogP contribution in [0.3, 0.4) is 0 Å². The molecule has 0 radical (unpaired) electrons. The fraction of sp³-hybridized carbons (Fsp3) is 0.643. The molecule has 0 spiro atoms. The summed E-state index contributed by atoms with van der Waals surface area (Å²) >= 11 is 6.39. The number of nitrogens with one attached hydrogen (secondary N) is 1. The van der Waals surface area contributed by atoms with E-state index in [0.29, 0.717) is 77.2 Å². The van der Waals surface area contributed by atoms with Crippen molar-refractivity contribution in [1.29, 1.82) is 0 Å². The molecule has 2 aromatic rings. The van der Waals surface area contributed by atoms with Crippen molar-refractivity contribution in [1.82, 2.24) is 9.78 Å². The summed E-state index contributed by atoms with van der Waals surface area (Å²) in [6.45, 7) is 2.39. The molecule has 226 valence electrons. The first-order chi connectivity index (χ1) is 19.6. The van der Waals surface area contributed by atoms with Crippen molar-refractivity contribution in [2.24, 2.45) is 0 Å². The maximum absolute atomic E-state index is 14.9. The van der Waals surface area contributed by atoms with E-state index in [-0.39, 0.29) is 42.0 Å². The van der Waals surface area contributed by atoms with Crippen LogP contribution in [-0.4, -0.2) is 73.7 Å². The maximum atomic E-state index is 14.9. The van der Waals surface area contributed by atoms with E-state index in [1.165, 1.54) is 23.0 Å². The molecule has 1 aromatic heterocycles. The van der Waals surface area contributed by atoms with Crippen molar-refractivity contribution in [2.75, 3.05) is 56.3 Å². The van der Waals surface area contributed by atoms with Gasteiger partial charge in [0.25, 0.3) is 5.56 Å². The molecular weight excluding hydrogens is 568 g/mol. The third-order valence-corrected chi connectivity index (χ3v) is 8.44. The van der Waals surface area contributed by atoms with Gasteiger partial charge in [0.15, 0.2) is 5.67 Å². The van der Waals surface area contributed by atoms with E-state index >= 15 is 0 Å². The van der Waals surface area contributed by atoms with Crippen molar-refractivity contribution < 1.29 is 31.8 Å². The molecule has 1 N–H and O–H groups in total. The van der Waals surface area contributed by atoms with Crippen LogP contribution in [0.5, 0.6) is 0 Å². The maximum Gasteiger partial charge on any atom is 0.416 e. The second-order valence-corrected chi connectivity index (χ2v) is 11.4. The molecule has 3 heterocycles. The van der Waals surface area contributed by atoms with Crippen LogP contribution in [0.25, 0.3) is 0 Å². The Morgan fingerprint density at radius 1 is 1.10 bits per heavy atom. The first-order valence-corrected chi connectivity index (χ1v) is 14.4. The minimum atomic E-state index is -4.41. The zero-order valence-corrected chi connectivity index (χ0v) is 23.4. The highest BCUT2D eigenvalue weighted by Crippen LogP contribution is 2.35. The molecule has 8 nitrogen and oxygen atoms in total. The zero-order chi connectivity index (χ0) is 29.0.